The normalized spacial score (nSPS) is 19.9. The number of carbonyl (C=O) groups is 2. The summed E-state index contributed by atoms with van der Waals surface area (Å²) in [4.78, 5) is 29.6. The van der Waals surface area contributed by atoms with Gasteiger partial charge < -0.3 is 24.6 Å². The third-order valence-electron chi connectivity index (χ3n) is 6.18. The first-order valence-corrected chi connectivity index (χ1v) is 11.0. The standard InChI is InChI=1S/C24H27N3O4/c28-23(25-19-9-8-17-4-3-5-18(17)14-19)16-27-15-22(24(29)26-10-12-30-13-11-26)31-21-7-2-1-6-20(21)27/h1-2,6-9,14,22H,3-5,10-13,15-16H2,(H,25,28). The van der Waals surface area contributed by atoms with Gasteiger partial charge in [0.25, 0.3) is 5.91 Å². The predicted molar refractivity (Wildman–Crippen MR) is 118 cm³/mol. The van der Waals surface area contributed by atoms with Crippen molar-refractivity contribution in [3.8, 4) is 5.75 Å². The van der Waals surface area contributed by atoms with Crippen LogP contribution in [0.25, 0.3) is 0 Å². The quantitative estimate of drug-likeness (QED) is 0.820. The minimum absolute atomic E-state index is 0.0539. The van der Waals surface area contributed by atoms with Crippen molar-refractivity contribution < 1.29 is 19.1 Å². The molecule has 0 saturated carbocycles. The maximum atomic E-state index is 13.0. The first kappa shape index (κ1) is 19.9. The average Bonchev–Trinajstić information content (AvgIpc) is 3.27. The van der Waals surface area contributed by atoms with E-state index in [0.29, 0.717) is 38.6 Å². The second kappa shape index (κ2) is 8.59. The molecule has 0 spiro atoms. The molecular weight excluding hydrogens is 394 g/mol. The van der Waals surface area contributed by atoms with Gasteiger partial charge in [0.2, 0.25) is 5.91 Å². The first-order chi connectivity index (χ1) is 15.2. The number of para-hydroxylation sites is 2. The van der Waals surface area contributed by atoms with Crippen LogP contribution in [0.1, 0.15) is 17.5 Å². The number of anilines is 2. The zero-order valence-electron chi connectivity index (χ0n) is 17.5. The van der Waals surface area contributed by atoms with Crippen LogP contribution < -0.4 is 15.0 Å². The van der Waals surface area contributed by atoms with Gasteiger partial charge in [0.1, 0.15) is 5.75 Å². The summed E-state index contributed by atoms with van der Waals surface area (Å²) in [7, 11) is 0. The summed E-state index contributed by atoms with van der Waals surface area (Å²) in [5.74, 6) is 0.472. The van der Waals surface area contributed by atoms with Crippen LogP contribution in [0.3, 0.4) is 0 Å². The number of ether oxygens (including phenoxy) is 2. The molecule has 1 fully saturated rings. The Morgan fingerprint density at radius 2 is 1.84 bits per heavy atom. The van der Waals surface area contributed by atoms with Crippen LogP contribution in [0, 0.1) is 0 Å². The Morgan fingerprint density at radius 3 is 2.71 bits per heavy atom. The van der Waals surface area contributed by atoms with Gasteiger partial charge in [-0.3, -0.25) is 9.59 Å². The van der Waals surface area contributed by atoms with Crippen molar-refractivity contribution in [2.45, 2.75) is 25.4 Å². The number of hydrogen-bond acceptors (Lipinski definition) is 5. The topological polar surface area (TPSA) is 71.1 Å². The maximum Gasteiger partial charge on any atom is 0.265 e. The maximum absolute atomic E-state index is 13.0. The Hall–Kier alpha value is -3.06. The van der Waals surface area contributed by atoms with Gasteiger partial charge in [-0.2, -0.15) is 0 Å². The number of nitrogens with zero attached hydrogens (tertiary/aromatic N) is 2. The Bertz CT molecular complexity index is 987. The molecule has 1 saturated heterocycles. The predicted octanol–water partition coefficient (Wildman–Crippen LogP) is 2.24. The molecular formula is C24H27N3O4. The molecule has 2 aromatic rings. The Labute approximate surface area is 181 Å². The van der Waals surface area contributed by atoms with Crippen LogP contribution in [0.5, 0.6) is 5.75 Å². The van der Waals surface area contributed by atoms with E-state index in [9.17, 15) is 9.59 Å². The van der Waals surface area contributed by atoms with E-state index >= 15 is 0 Å². The minimum atomic E-state index is -0.638. The highest BCUT2D eigenvalue weighted by Gasteiger charge is 2.34. The van der Waals surface area contributed by atoms with E-state index in [1.165, 1.54) is 17.5 Å². The molecule has 1 atom stereocenters. The molecule has 1 unspecified atom stereocenters. The summed E-state index contributed by atoms with van der Waals surface area (Å²) in [6.07, 6.45) is 2.73. The summed E-state index contributed by atoms with van der Waals surface area (Å²) in [6, 6.07) is 13.7. The van der Waals surface area contributed by atoms with Crippen LogP contribution in [-0.2, 0) is 27.2 Å². The van der Waals surface area contributed by atoms with E-state index in [-0.39, 0.29) is 18.4 Å². The zero-order chi connectivity index (χ0) is 21.2. The smallest absolute Gasteiger partial charge is 0.265 e. The summed E-state index contributed by atoms with van der Waals surface area (Å²) in [6.45, 7) is 2.72. The molecule has 5 rings (SSSR count). The summed E-state index contributed by atoms with van der Waals surface area (Å²) in [5.41, 5.74) is 4.36. The molecule has 7 heteroatoms. The molecule has 1 N–H and O–H groups in total. The fraction of sp³-hybridized carbons (Fsp3) is 0.417. The zero-order valence-corrected chi connectivity index (χ0v) is 17.5. The Balaban J connectivity index is 1.30. The molecule has 7 nitrogen and oxygen atoms in total. The van der Waals surface area contributed by atoms with Crippen LogP contribution in [0.2, 0.25) is 0 Å². The third kappa shape index (κ3) is 4.23. The van der Waals surface area contributed by atoms with Crippen molar-refractivity contribution in [2.24, 2.45) is 0 Å². The van der Waals surface area contributed by atoms with Gasteiger partial charge >= 0.3 is 0 Å². The van der Waals surface area contributed by atoms with Crippen LogP contribution in [0.15, 0.2) is 42.5 Å². The Kier molecular flexibility index (Phi) is 5.51. The molecule has 3 aliphatic rings. The summed E-state index contributed by atoms with van der Waals surface area (Å²) >= 11 is 0. The third-order valence-corrected chi connectivity index (χ3v) is 6.18. The summed E-state index contributed by atoms with van der Waals surface area (Å²) in [5, 5.41) is 3.02. The highest BCUT2D eigenvalue weighted by atomic mass is 16.5. The fourth-order valence-electron chi connectivity index (χ4n) is 4.60. The number of rotatable bonds is 4. The number of fused-ring (bicyclic) bond motifs is 2. The van der Waals surface area contributed by atoms with Crippen molar-refractivity contribution in [3.05, 3.63) is 53.6 Å². The molecule has 0 bridgehead atoms. The highest BCUT2D eigenvalue weighted by Crippen LogP contribution is 2.33. The van der Waals surface area contributed by atoms with Gasteiger partial charge in [0, 0.05) is 18.8 Å². The largest absolute Gasteiger partial charge is 0.477 e. The fourth-order valence-corrected chi connectivity index (χ4v) is 4.60. The molecule has 0 radical (unpaired) electrons. The lowest BCUT2D eigenvalue weighted by molar-refractivity contribution is -0.142. The molecule has 31 heavy (non-hydrogen) atoms. The van der Waals surface area contributed by atoms with E-state index in [2.05, 4.69) is 17.4 Å². The molecule has 2 heterocycles. The van der Waals surface area contributed by atoms with Crippen LogP contribution in [-0.4, -0.2) is 62.2 Å². The van der Waals surface area contributed by atoms with Crippen molar-refractivity contribution >= 4 is 23.2 Å². The molecule has 2 aliphatic heterocycles. The second-order valence-corrected chi connectivity index (χ2v) is 8.28. The monoisotopic (exact) mass is 421 g/mol. The number of benzene rings is 2. The van der Waals surface area contributed by atoms with E-state index in [1.807, 2.05) is 35.2 Å². The SMILES string of the molecule is O=C(CN1CC(C(=O)N2CCOCC2)Oc2ccccc21)Nc1ccc2c(c1)CCC2. The van der Waals surface area contributed by atoms with Gasteiger partial charge in [-0.15, -0.1) is 0 Å². The molecule has 1 aliphatic carbocycles. The Morgan fingerprint density at radius 1 is 1.03 bits per heavy atom. The number of aryl methyl sites for hydroxylation is 2. The average molecular weight is 421 g/mol. The van der Waals surface area contributed by atoms with E-state index in [0.717, 1.165) is 24.2 Å². The molecule has 162 valence electrons. The minimum Gasteiger partial charge on any atom is -0.477 e. The van der Waals surface area contributed by atoms with Crippen LogP contribution >= 0.6 is 0 Å². The van der Waals surface area contributed by atoms with Crippen molar-refractivity contribution in [1.82, 2.24) is 4.90 Å². The number of amides is 2. The number of carbonyl (C=O) groups excluding carboxylic acids is 2. The van der Waals surface area contributed by atoms with E-state index in [1.54, 1.807) is 4.90 Å². The van der Waals surface area contributed by atoms with Crippen LogP contribution in [0.4, 0.5) is 11.4 Å². The number of nitrogens with one attached hydrogen (secondary N) is 1. The molecule has 0 aromatic heterocycles. The van der Waals surface area contributed by atoms with Gasteiger partial charge in [0.15, 0.2) is 6.10 Å². The van der Waals surface area contributed by atoms with Crippen molar-refractivity contribution in [3.63, 3.8) is 0 Å². The number of hydrogen-bond donors (Lipinski definition) is 1. The van der Waals surface area contributed by atoms with Gasteiger partial charge in [-0.25, -0.2) is 0 Å². The summed E-state index contributed by atoms with van der Waals surface area (Å²) < 4.78 is 11.4. The lowest BCUT2D eigenvalue weighted by Crippen LogP contribution is -2.53. The molecule has 2 amide bonds. The highest BCUT2D eigenvalue weighted by molar-refractivity contribution is 5.95. The van der Waals surface area contributed by atoms with Gasteiger partial charge in [-0.1, -0.05) is 18.2 Å². The second-order valence-electron chi connectivity index (χ2n) is 8.28. The van der Waals surface area contributed by atoms with E-state index < -0.39 is 6.10 Å². The molecule has 2 aromatic carbocycles. The number of morpholine rings is 1. The van der Waals surface area contributed by atoms with E-state index in [4.69, 9.17) is 9.47 Å². The van der Waals surface area contributed by atoms with Gasteiger partial charge in [-0.05, 0) is 54.7 Å². The van der Waals surface area contributed by atoms with Gasteiger partial charge in [0.05, 0.1) is 32.0 Å². The van der Waals surface area contributed by atoms with Crippen molar-refractivity contribution in [2.75, 3.05) is 49.6 Å². The lowest BCUT2D eigenvalue weighted by Gasteiger charge is -2.38. The first-order valence-electron chi connectivity index (χ1n) is 11.0. The van der Waals surface area contributed by atoms with Crippen molar-refractivity contribution in [1.29, 1.82) is 0 Å². The lowest BCUT2D eigenvalue weighted by atomic mass is 10.1.